The fourth-order valence-electron chi connectivity index (χ4n) is 2.08. The Labute approximate surface area is 116 Å². The van der Waals surface area contributed by atoms with Gasteiger partial charge in [0.1, 0.15) is 13.1 Å². The van der Waals surface area contributed by atoms with Crippen LogP contribution in [0.5, 0.6) is 0 Å². The number of primary amides is 1. The lowest BCUT2D eigenvalue weighted by atomic mass is 10.3. The van der Waals surface area contributed by atoms with Gasteiger partial charge in [0.25, 0.3) is 0 Å². The van der Waals surface area contributed by atoms with Gasteiger partial charge in [-0.05, 0) is 0 Å². The molecule has 0 aromatic rings. The number of hydrogen-bond acceptors (Lipinski definition) is 4. The molecule has 1 heterocycles. The Hall–Kier alpha value is -1.44. The van der Waals surface area contributed by atoms with Crippen LogP contribution in [0.2, 0.25) is 0 Å². The van der Waals surface area contributed by atoms with E-state index in [-0.39, 0.29) is 17.0 Å². The van der Waals surface area contributed by atoms with Crippen LogP contribution in [-0.2, 0) is 9.59 Å². The van der Waals surface area contributed by atoms with Gasteiger partial charge in [-0.15, -0.1) is 0 Å². The number of nitrogens with two attached hydrogens (primary N) is 1. The van der Waals surface area contributed by atoms with Crippen molar-refractivity contribution in [2.24, 2.45) is 5.73 Å². The Kier molecular flexibility index (Phi) is 5.46. The van der Waals surface area contributed by atoms with Gasteiger partial charge in [0.2, 0.25) is 5.91 Å². The zero-order valence-electron chi connectivity index (χ0n) is 11.0. The fraction of sp³-hybridized carbons (Fsp3) is 0.727. The molecule has 1 aliphatic heterocycles. The lowest BCUT2D eigenvalue weighted by Gasteiger charge is -2.37. The van der Waals surface area contributed by atoms with Gasteiger partial charge in [-0.3, -0.25) is 9.59 Å². The molecular weight excluding hydrogens is 270 g/mol. The summed E-state index contributed by atoms with van der Waals surface area (Å²) in [6.45, 7) is 4.21. The van der Waals surface area contributed by atoms with Gasteiger partial charge in [-0.1, -0.05) is 13.8 Å². The van der Waals surface area contributed by atoms with Crippen LogP contribution in [0, 0.1) is 0 Å². The van der Waals surface area contributed by atoms with Gasteiger partial charge < -0.3 is 20.6 Å². The highest BCUT2D eigenvalue weighted by molar-refractivity contribution is 8.00. The Balaban J connectivity index is 2.74. The van der Waals surface area contributed by atoms with Crippen LogP contribution in [0.4, 0.5) is 4.79 Å². The summed E-state index contributed by atoms with van der Waals surface area (Å²) >= 11 is 1.78. The fourth-order valence-corrected chi connectivity index (χ4v) is 3.40. The molecule has 1 saturated heterocycles. The molecule has 108 valence electrons. The molecule has 0 aromatic heterocycles. The van der Waals surface area contributed by atoms with Crippen LogP contribution in [0.25, 0.3) is 0 Å². The van der Waals surface area contributed by atoms with Gasteiger partial charge >= 0.3 is 12.0 Å². The average molecular weight is 289 g/mol. The molecule has 1 rings (SSSR count). The summed E-state index contributed by atoms with van der Waals surface area (Å²) in [4.78, 5) is 36.4. The molecule has 3 N–H and O–H groups in total. The molecule has 0 saturated carbocycles. The number of carbonyl (C=O) groups excluding carboxylic acids is 2. The third-order valence-corrected chi connectivity index (χ3v) is 3.86. The number of rotatable bonds is 4. The van der Waals surface area contributed by atoms with Crippen molar-refractivity contribution in [3.05, 3.63) is 0 Å². The average Bonchev–Trinajstić information content (AvgIpc) is 2.24. The first-order valence-electron chi connectivity index (χ1n) is 5.99. The summed E-state index contributed by atoms with van der Waals surface area (Å²) in [6.07, 6.45) is 0. The maximum Gasteiger partial charge on any atom is 0.323 e. The van der Waals surface area contributed by atoms with E-state index in [4.69, 9.17) is 10.8 Å². The SMILES string of the molecule is CC1CN(C(=O)N(CC(N)=O)CC(=O)O)CC(C)S1. The number of carbonyl (C=O) groups is 3. The summed E-state index contributed by atoms with van der Waals surface area (Å²) in [5, 5.41) is 9.35. The van der Waals surface area contributed by atoms with Crippen LogP contribution in [-0.4, -0.2) is 69.5 Å². The van der Waals surface area contributed by atoms with E-state index in [1.807, 2.05) is 13.8 Å². The molecule has 0 bridgehead atoms. The van der Waals surface area contributed by atoms with E-state index < -0.39 is 24.5 Å². The molecule has 2 unspecified atom stereocenters. The van der Waals surface area contributed by atoms with Gasteiger partial charge in [0.05, 0.1) is 0 Å². The number of nitrogens with zero attached hydrogens (tertiary/aromatic N) is 2. The lowest BCUT2D eigenvalue weighted by molar-refractivity contribution is -0.138. The minimum Gasteiger partial charge on any atom is -0.480 e. The standard InChI is InChI=1S/C11H19N3O4S/c1-7-3-13(4-8(2)19-7)11(18)14(5-9(12)15)6-10(16)17/h7-8H,3-6H2,1-2H3,(H2,12,15)(H,16,17). The van der Waals surface area contributed by atoms with Crippen molar-refractivity contribution in [3.63, 3.8) is 0 Å². The number of hydrogen-bond donors (Lipinski definition) is 2. The maximum absolute atomic E-state index is 12.2. The largest absolute Gasteiger partial charge is 0.480 e. The molecule has 1 aliphatic rings. The van der Waals surface area contributed by atoms with Gasteiger partial charge in [0, 0.05) is 23.6 Å². The normalized spacial score (nSPS) is 22.9. The van der Waals surface area contributed by atoms with Crippen molar-refractivity contribution in [2.45, 2.75) is 24.3 Å². The molecule has 0 spiro atoms. The van der Waals surface area contributed by atoms with Crippen molar-refractivity contribution in [1.29, 1.82) is 0 Å². The van der Waals surface area contributed by atoms with Gasteiger partial charge in [0.15, 0.2) is 0 Å². The maximum atomic E-state index is 12.2. The number of urea groups is 1. The quantitative estimate of drug-likeness (QED) is 0.746. The number of carboxylic acid groups (broad SMARTS) is 1. The van der Waals surface area contributed by atoms with E-state index in [2.05, 4.69) is 0 Å². The highest BCUT2D eigenvalue weighted by Gasteiger charge is 2.30. The predicted octanol–water partition coefficient (Wildman–Crippen LogP) is -0.196. The molecule has 0 aromatic carbocycles. The highest BCUT2D eigenvalue weighted by Crippen LogP contribution is 2.25. The van der Waals surface area contributed by atoms with E-state index >= 15 is 0 Å². The molecule has 1 fully saturated rings. The minimum atomic E-state index is -1.16. The Morgan fingerprint density at radius 3 is 2.21 bits per heavy atom. The van der Waals surface area contributed by atoms with E-state index in [0.717, 1.165) is 4.90 Å². The number of amides is 3. The first-order valence-corrected chi connectivity index (χ1v) is 6.93. The van der Waals surface area contributed by atoms with Crippen LogP contribution >= 0.6 is 11.8 Å². The van der Waals surface area contributed by atoms with Crippen LogP contribution < -0.4 is 5.73 Å². The monoisotopic (exact) mass is 289 g/mol. The van der Waals surface area contributed by atoms with Crippen LogP contribution in [0.3, 0.4) is 0 Å². The molecule has 7 nitrogen and oxygen atoms in total. The van der Waals surface area contributed by atoms with E-state index in [1.54, 1.807) is 16.7 Å². The Morgan fingerprint density at radius 1 is 1.26 bits per heavy atom. The van der Waals surface area contributed by atoms with Crippen LogP contribution in [0.15, 0.2) is 0 Å². The number of aliphatic carboxylic acids is 1. The second-order valence-electron chi connectivity index (χ2n) is 4.66. The molecule has 0 radical (unpaired) electrons. The topological polar surface area (TPSA) is 104 Å². The highest BCUT2D eigenvalue weighted by atomic mass is 32.2. The summed E-state index contributed by atoms with van der Waals surface area (Å²) in [5.74, 6) is -1.89. The zero-order valence-corrected chi connectivity index (χ0v) is 11.9. The smallest absolute Gasteiger partial charge is 0.323 e. The van der Waals surface area contributed by atoms with Crippen molar-refractivity contribution < 1.29 is 19.5 Å². The van der Waals surface area contributed by atoms with Gasteiger partial charge in [-0.25, -0.2) is 4.79 Å². The zero-order chi connectivity index (χ0) is 14.6. The Morgan fingerprint density at radius 2 is 1.79 bits per heavy atom. The van der Waals surface area contributed by atoms with E-state index in [1.165, 1.54) is 0 Å². The first kappa shape index (κ1) is 15.6. The van der Waals surface area contributed by atoms with E-state index in [0.29, 0.717) is 13.1 Å². The predicted molar refractivity (Wildman–Crippen MR) is 71.9 cm³/mol. The van der Waals surface area contributed by atoms with Gasteiger partial charge in [-0.2, -0.15) is 11.8 Å². The third kappa shape index (κ3) is 4.98. The minimum absolute atomic E-state index is 0.285. The number of thioether (sulfide) groups is 1. The first-order chi connectivity index (χ1) is 8.79. The number of carboxylic acids is 1. The summed E-state index contributed by atoms with van der Waals surface area (Å²) < 4.78 is 0. The Bertz CT molecular complexity index is 351. The van der Waals surface area contributed by atoms with Crippen molar-refractivity contribution in [2.75, 3.05) is 26.2 Å². The summed E-state index contributed by atoms with van der Waals surface area (Å²) in [5.41, 5.74) is 5.04. The summed E-state index contributed by atoms with van der Waals surface area (Å²) in [6, 6.07) is -0.444. The van der Waals surface area contributed by atoms with Crippen molar-refractivity contribution in [1.82, 2.24) is 9.80 Å². The van der Waals surface area contributed by atoms with E-state index in [9.17, 15) is 14.4 Å². The second-order valence-corrected chi connectivity index (χ2v) is 6.54. The lowest BCUT2D eigenvalue weighted by Crippen LogP contribution is -2.53. The molecule has 3 amide bonds. The molecule has 8 heteroatoms. The third-order valence-electron chi connectivity index (χ3n) is 2.63. The molecule has 2 atom stereocenters. The summed E-state index contributed by atoms with van der Waals surface area (Å²) in [7, 11) is 0. The van der Waals surface area contributed by atoms with Crippen molar-refractivity contribution >= 4 is 29.7 Å². The molecule has 19 heavy (non-hydrogen) atoms. The second kappa shape index (κ2) is 6.65. The molecule has 0 aliphatic carbocycles. The van der Waals surface area contributed by atoms with Crippen LogP contribution in [0.1, 0.15) is 13.8 Å². The van der Waals surface area contributed by atoms with Crippen molar-refractivity contribution in [3.8, 4) is 0 Å². The molecular formula is C11H19N3O4S.